The SMILES string of the molecule is NC(=O)c1ccc(NC(=O)CCN2CCN(S(=O)(=O)N3CCOCC3)CC2)cc1. The predicted octanol–water partition coefficient (Wildman–Crippen LogP) is -0.691. The first-order chi connectivity index (χ1) is 13.9. The number of piperazine rings is 1. The van der Waals surface area contributed by atoms with Gasteiger partial charge in [-0.15, -0.1) is 0 Å². The van der Waals surface area contributed by atoms with Crippen LogP contribution in [-0.2, 0) is 19.7 Å². The molecule has 2 saturated heterocycles. The number of hydrogen-bond donors (Lipinski definition) is 2. The Morgan fingerprint density at radius 3 is 2.14 bits per heavy atom. The van der Waals surface area contributed by atoms with Gasteiger partial charge in [0.2, 0.25) is 11.8 Å². The van der Waals surface area contributed by atoms with Gasteiger partial charge in [-0.05, 0) is 24.3 Å². The molecule has 2 fully saturated rings. The highest BCUT2D eigenvalue weighted by molar-refractivity contribution is 7.86. The molecule has 1 aromatic rings. The van der Waals surface area contributed by atoms with E-state index in [4.69, 9.17) is 10.5 Å². The molecule has 0 atom stereocenters. The minimum atomic E-state index is -3.44. The highest BCUT2D eigenvalue weighted by Gasteiger charge is 2.33. The largest absolute Gasteiger partial charge is 0.379 e. The van der Waals surface area contributed by atoms with Crippen molar-refractivity contribution in [3.05, 3.63) is 29.8 Å². The van der Waals surface area contributed by atoms with E-state index in [9.17, 15) is 18.0 Å². The van der Waals surface area contributed by atoms with Gasteiger partial charge in [0, 0.05) is 63.5 Å². The van der Waals surface area contributed by atoms with E-state index in [0.717, 1.165) is 0 Å². The van der Waals surface area contributed by atoms with Crippen molar-refractivity contribution in [2.24, 2.45) is 5.73 Å². The highest BCUT2D eigenvalue weighted by Crippen LogP contribution is 2.14. The van der Waals surface area contributed by atoms with Crippen LogP contribution in [0.25, 0.3) is 0 Å². The number of nitrogens with two attached hydrogens (primary N) is 1. The summed E-state index contributed by atoms with van der Waals surface area (Å²) in [7, 11) is -3.44. The third-order valence-corrected chi connectivity index (χ3v) is 7.10. The first-order valence-electron chi connectivity index (χ1n) is 9.61. The maximum Gasteiger partial charge on any atom is 0.282 e. The van der Waals surface area contributed by atoms with E-state index in [2.05, 4.69) is 10.2 Å². The standard InChI is InChI=1S/C18H27N5O5S/c19-18(25)15-1-3-16(4-2-15)20-17(24)5-6-21-7-9-22(10-8-21)29(26,27)23-11-13-28-14-12-23/h1-4H,5-14H2,(H2,19,25)(H,20,24). The maximum absolute atomic E-state index is 12.7. The van der Waals surface area contributed by atoms with E-state index in [0.29, 0.717) is 76.7 Å². The number of nitrogens with one attached hydrogen (secondary N) is 1. The van der Waals surface area contributed by atoms with Gasteiger partial charge in [0.1, 0.15) is 0 Å². The summed E-state index contributed by atoms with van der Waals surface area (Å²) >= 11 is 0. The Labute approximate surface area is 170 Å². The first-order valence-corrected chi connectivity index (χ1v) is 11.0. The van der Waals surface area contributed by atoms with Gasteiger partial charge < -0.3 is 20.7 Å². The summed E-state index contributed by atoms with van der Waals surface area (Å²) in [6.45, 7) is 4.20. The van der Waals surface area contributed by atoms with Gasteiger partial charge in [-0.3, -0.25) is 9.59 Å². The number of benzene rings is 1. The fourth-order valence-corrected chi connectivity index (χ4v) is 4.89. The van der Waals surface area contributed by atoms with Crippen molar-refractivity contribution >= 4 is 27.7 Å². The molecular formula is C18H27N5O5S. The number of nitrogens with zero attached hydrogens (tertiary/aromatic N) is 3. The summed E-state index contributed by atoms with van der Waals surface area (Å²) in [5, 5.41) is 2.78. The Hall–Kier alpha value is -2.05. The molecule has 0 radical (unpaired) electrons. The summed E-state index contributed by atoms with van der Waals surface area (Å²) in [5.74, 6) is -0.655. The lowest BCUT2D eigenvalue weighted by Gasteiger charge is -2.37. The smallest absolute Gasteiger partial charge is 0.282 e. The van der Waals surface area contributed by atoms with E-state index in [1.54, 1.807) is 24.3 Å². The van der Waals surface area contributed by atoms with Gasteiger partial charge in [-0.25, -0.2) is 0 Å². The second-order valence-electron chi connectivity index (χ2n) is 7.00. The van der Waals surface area contributed by atoms with Crippen LogP contribution in [0, 0.1) is 0 Å². The van der Waals surface area contributed by atoms with Crippen LogP contribution in [0.15, 0.2) is 24.3 Å². The third-order valence-electron chi connectivity index (χ3n) is 5.06. The average molecular weight is 426 g/mol. The second kappa shape index (κ2) is 9.63. The van der Waals surface area contributed by atoms with Crippen LogP contribution < -0.4 is 11.1 Å². The van der Waals surface area contributed by atoms with Gasteiger partial charge in [0.05, 0.1) is 13.2 Å². The zero-order valence-corrected chi connectivity index (χ0v) is 17.1. The molecule has 3 N–H and O–H groups in total. The van der Waals surface area contributed by atoms with E-state index in [1.807, 2.05) is 0 Å². The zero-order valence-electron chi connectivity index (χ0n) is 16.2. The molecule has 1 aromatic carbocycles. The summed E-state index contributed by atoms with van der Waals surface area (Å²) in [6.07, 6.45) is 0.299. The lowest BCUT2D eigenvalue weighted by atomic mass is 10.2. The van der Waals surface area contributed by atoms with Crippen LogP contribution in [0.1, 0.15) is 16.8 Å². The lowest BCUT2D eigenvalue weighted by Crippen LogP contribution is -2.55. The Morgan fingerprint density at radius 2 is 1.55 bits per heavy atom. The van der Waals surface area contributed by atoms with Gasteiger partial charge in [0.25, 0.3) is 10.2 Å². The molecule has 2 amide bonds. The molecule has 2 aliphatic rings. The van der Waals surface area contributed by atoms with Crippen molar-refractivity contribution in [1.82, 2.24) is 13.5 Å². The normalized spacial score (nSPS) is 19.7. The fraction of sp³-hybridized carbons (Fsp3) is 0.556. The van der Waals surface area contributed by atoms with E-state index < -0.39 is 16.1 Å². The molecule has 11 heteroatoms. The molecule has 160 valence electrons. The van der Waals surface area contributed by atoms with Gasteiger partial charge >= 0.3 is 0 Å². The molecule has 0 aromatic heterocycles. The Balaban J connectivity index is 1.41. The van der Waals surface area contributed by atoms with Crippen molar-refractivity contribution in [2.75, 3.05) is 64.3 Å². The lowest BCUT2D eigenvalue weighted by molar-refractivity contribution is -0.116. The summed E-state index contributed by atoms with van der Waals surface area (Å²) < 4.78 is 33.5. The number of hydrogen-bond acceptors (Lipinski definition) is 6. The average Bonchev–Trinajstić information content (AvgIpc) is 2.73. The van der Waals surface area contributed by atoms with Gasteiger partial charge in [-0.1, -0.05) is 0 Å². The van der Waals surface area contributed by atoms with E-state index >= 15 is 0 Å². The molecule has 0 aliphatic carbocycles. The fourth-order valence-electron chi connectivity index (χ4n) is 3.33. The minimum Gasteiger partial charge on any atom is -0.379 e. The molecule has 0 bridgehead atoms. The maximum atomic E-state index is 12.7. The number of ether oxygens (including phenoxy) is 1. The number of anilines is 1. The molecule has 2 aliphatic heterocycles. The zero-order chi connectivity index (χ0) is 20.9. The van der Waals surface area contributed by atoms with Crippen LogP contribution in [0.4, 0.5) is 5.69 Å². The van der Waals surface area contributed by atoms with Gasteiger partial charge in [-0.2, -0.15) is 17.0 Å². The Bertz CT molecular complexity index is 816. The Morgan fingerprint density at radius 1 is 0.966 bits per heavy atom. The number of morpholine rings is 1. The molecule has 0 saturated carbocycles. The first kappa shape index (κ1) is 21.7. The van der Waals surface area contributed by atoms with Crippen molar-refractivity contribution in [2.45, 2.75) is 6.42 Å². The van der Waals surface area contributed by atoms with Crippen LogP contribution in [0.2, 0.25) is 0 Å². The quantitative estimate of drug-likeness (QED) is 0.596. The topological polar surface area (TPSA) is 125 Å². The number of amides is 2. The Kier molecular flexibility index (Phi) is 7.19. The molecular weight excluding hydrogens is 398 g/mol. The molecule has 29 heavy (non-hydrogen) atoms. The molecule has 3 rings (SSSR count). The summed E-state index contributed by atoms with van der Waals surface area (Å²) in [4.78, 5) is 25.3. The van der Waals surface area contributed by atoms with Crippen LogP contribution in [-0.4, -0.2) is 92.8 Å². The molecule has 0 spiro atoms. The summed E-state index contributed by atoms with van der Waals surface area (Å²) in [6, 6.07) is 6.39. The number of primary amides is 1. The van der Waals surface area contributed by atoms with Crippen LogP contribution in [0.5, 0.6) is 0 Å². The third kappa shape index (κ3) is 5.73. The van der Waals surface area contributed by atoms with Crippen molar-refractivity contribution in [3.8, 4) is 0 Å². The van der Waals surface area contributed by atoms with Crippen molar-refractivity contribution in [1.29, 1.82) is 0 Å². The van der Waals surface area contributed by atoms with Crippen LogP contribution in [0.3, 0.4) is 0 Å². The van der Waals surface area contributed by atoms with E-state index in [-0.39, 0.29) is 5.91 Å². The predicted molar refractivity (Wildman–Crippen MR) is 108 cm³/mol. The van der Waals surface area contributed by atoms with Gasteiger partial charge in [0.15, 0.2) is 0 Å². The monoisotopic (exact) mass is 425 g/mol. The van der Waals surface area contributed by atoms with Crippen LogP contribution >= 0.6 is 0 Å². The number of rotatable bonds is 7. The van der Waals surface area contributed by atoms with Crippen molar-refractivity contribution < 1.29 is 22.7 Å². The highest BCUT2D eigenvalue weighted by atomic mass is 32.2. The van der Waals surface area contributed by atoms with Crippen molar-refractivity contribution in [3.63, 3.8) is 0 Å². The second-order valence-corrected chi connectivity index (χ2v) is 8.93. The number of carbonyl (C=O) groups is 2. The molecule has 0 unspecified atom stereocenters. The van der Waals surface area contributed by atoms with E-state index in [1.165, 1.54) is 8.61 Å². The molecule has 10 nitrogen and oxygen atoms in total. The minimum absolute atomic E-state index is 0.139. The molecule has 2 heterocycles. The number of carbonyl (C=O) groups excluding carboxylic acids is 2. The summed E-state index contributed by atoms with van der Waals surface area (Å²) in [5.41, 5.74) is 6.17.